The first kappa shape index (κ1) is 22.9. The summed E-state index contributed by atoms with van der Waals surface area (Å²) in [5.41, 5.74) is 5.00. The summed E-state index contributed by atoms with van der Waals surface area (Å²) in [4.78, 5) is 20.6. The molecule has 1 amide bonds. The quantitative estimate of drug-likeness (QED) is 0.487. The Bertz CT molecular complexity index is 751. The van der Waals surface area contributed by atoms with Crippen molar-refractivity contribution in [2.75, 3.05) is 10.6 Å². The van der Waals surface area contributed by atoms with E-state index in [1.54, 1.807) is 0 Å². The predicted octanol–water partition coefficient (Wildman–Crippen LogP) is 0.537. The van der Waals surface area contributed by atoms with Gasteiger partial charge in [0.05, 0.1) is 40.8 Å². The molecule has 0 saturated heterocycles. The minimum Gasteiger partial charge on any atom is -0.400 e. The number of aromatic nitrogens is 2. The number of nitrogens with one attached hydrogen (secondary N) is 2. The first-order valence-electron chi connectivity index (χ1n) is 10.5. The molecule has 3 rings (SSSR count). The number of anilines is 2. The summed E-state index contributed by atoms with van der Waals surface area (Å²) in [6.45, 7) is 1.83. The molecule has 8 nitrogen and oxygen atoms in total. The second kappa shape index (κ2) is 9.18. The molecular formula is C19H28B3N5O3. The van der Waals surface area contributed by atoms with E-state index in [2.05, 4.69) is 20.6 Å². The highest BCUT2D eigenvalue weighted by Gasteiger charge is 2.31. The maximum Gasteiger partial charge on any atom is 0.254 e. The Hall–Kier alpha value is -1.74. The van der Waals surface area contributed by atoms with E-state index in [0.29, 0.717) is 18.2 Å². The number of hydrogen-bond donors (Lipinski definition) is 4. The fraction of sp³-hybridized carbons (Fsp3) is 0.737. The second-order valence-corrected chi connectivity index (χ2v) is 8.84. The molecule has 1 aromatic heterocycles. The monoisotopic (exact) mass is 407 g/mol. The van der Waals surface area contributed by atoms with Crippen molar-refractivity contribution in [1.82, 2.24) is 9.97 Å². The number of carbonyl (C=O) groups excluding carboxylic acids is 1. The SMILES string of the molecule is [B]C([B])([B])OC1CCC(Nc2ncc(C(N)=O)c(N[C@@H]3CCC[C@](C)(O)C3)n2)CC1. The molecule has 6 radical (unpaired) electrons. The normalized spacial score (nSPS) is 29.9. The van der Waals surface area contributed by atoms with Gasteiger partial charge in [-0.3, -0.25) is 4.79 Å². The topological polar surface area (TPSA) is 122 Å². The van der Waals surface area contributed by atoms with E-state index in [0.717, 1.165) is 44.9 Å². The number of rotatable bonds is 7. The van der Waals surface area contributed by atoms with Gasteiger partial charge in [0.1, 0.15) is 5.82 Å². The number of aliphatic hydroxyl groups is 1. The van der Waals surface area contributed by atoms with Crippen molar-refractivity contribution in [2.24, 2.45) is 5.73 Å². The van der Waals surface area contributed by atoms with Crippen molar-refractivity contribution in [2.45, 2.75) is 87.4 Å². The molecular weight excluding hydrogens is 379 g/mol. The van der Waals surface area contributed by atoms with Gasteiger partial charge in [-0.2, -0.15) is 4.98 Å². The largest absolute Gasteiger partial charge is 0.400 e. The number of nitrogens with zero attached hydrogens (tertiary/aromatic N) is 2. The van der Waals surface area contributed by atoms with Gasteiger partial charge in [0.25, 0.3) is 5.91 Å². The van der Waals surface area contributed by atoms with Crippen LogP contribution in [0.4, 0.5) is 11.8 Å². The zero-order valence-corrected chi connectivity index (χ0v) is 17.4. The van der Waals surface area contributed by atoms with E-state index in [-0.39, 0.29) is 23.8 Å². The molecule has 1 heterocycles. The molecule has 2 aliphatic carbocycles. The predicted molar refractivity (Wildman–Crippen MR) is 118 cm³/mol. The van der Waals surface area contributed by atoms with Gasteiger partial charge < -0.3 is 26.2 Å². The van der Waals surface area contributed by atoms with Crippen LogP contribution in [0.2, 0.25) is 0 Å². The molecule has 11 heteroatoms. The first-order chi connectivity index (χ1) is 14.0. The third-order valence-electron chi connectivity index (χ3n) is 5.73. The van der Waals surface area contributed by atoms with Crippen LogP contribution in [-0.2, 0) is 4.74 Å². The van der Waals surface area contributed by atoms with Crippen LogP contribution in [0.1, 0.15) is 68.6 Å². The van der Waals surface area contributed by atoms with E-state index in [1.807, 2.05) is 6.92 Å². The van der Waals surface area contributed by atoms with E-state index in [1.165, 1.54) is 6.20 Å². The van der Waals surface area contributed by atoms with Gasteiger partial charge in [-0.25, -0.2) is 4.98 Å². The summed E-state index contributed by atoms with van der Waals surface area (Å²) in [6, 6.07) is 0.154. The molecule has 2 fully saturated rings. The fourth-order valence-corrected chi connectivity index (χ4v) is 4.32. The van der Waals surface area contributed by atoms with Gasteiger partial charge >= 0.3 is 0 Å². The van der Waals surface area contributed by atoms with Crippen molar-refractivity contribution in [3.63, 3.8) is 0 Å². The third kappa shape index (κ3) is 6.64. The molecule has 1 aromatic rings. The number of hydrogen-bond acceptors (Lipinski definition) is 7. The van der Waals surface area contributed by atoms with Crippen molar-refractivity contribution < 1.29 is 14.6 Å². The lowest BCUT2D eigenvalue weighted by Crippen LogP contribution is -2.41. The third-order valence-corrected chi connectivity index (χ3v) is 5.73. The first-order valence-corrected chi connectivity index (χ1v) is 10.5. The fourth-order valence-electron chi connectivity index (χ4n) is 4.32. The average molecular weight is 407 g/mol. The molecule has 0 aromatic carbocycles. The van der Waals surface area contributed by atoms with E-state index in [9.17, 15) is 9.90 Å². The summed E-state index contributed by atoms with van der Waals surface area (Å²) in [6.07, 6.45) is 7.61. The summed E-state index contributed by atoms with van der Waals surface area (Å²) < 4.78 is 5.43. The molecule has 0 spiro atoms. The van der Waals surface area contributed by atoms with Crippen molar-refractivity contribution in [3.05, 3.63) is 11.8 Å². The molecule has 2 atom stereocenters. The van der Waals surface area contributed by atoms with Crippen LogP contribution in [0.5, 0.6) is 0 Å². The van der Waals surface area contributed by atoms with Gasteiger partial charge in [0, 0.05) is 18.3 Å². The van der Waals surface area contributed by atoms with Crippen LogP contribution in [-0.4, -0.2) is 73.6 Å². The molecule has 30 heavy (non-hydrogen) atoms. The van der Waals surface area contributed by atoms with Crippen molar-refractivity contribution >= 4 is 41.2 Å². The summed E-state index contributed by atoms with van der Waals surface area (Å²) in [7, 11) is 16.5. The van der Waals surface area contributed by atoms with Crippen LogP contribution in [0.15, 0.2) is 6.20 Å². The van der Waals surface area contributed by atoms with Crippen molar-refractivity contribution in [3.8, 4) is 0 Å². The van der Waals surface area contributed by atoms with E-state index < -0.39 is 16.8 Å². The number of carbonyl (C=O) groups is 1. The number of primary amides is 1. The van der Waals surface area contributed by atoms with Crippen LogP contribution < -0.4 is 16.4 Å². The van der Waals surface area contributed by atoms with Gasteiger partial charge in [-0.05, 0) is 63.6 Å². The average Bonchev–Trinajstić information content (AvgIpc) is 2.61. The highest BCUT2D eigenvalue weighted by molar-refractivity contribution is 6.58. The minimum absolute atomic E-state index is 0.00578. The Morgan fingerprint density at radius 2 is 1.93 bits per heavy atom. The van der Waals surface area contributed by atoms with Gasteiger partial charge in [-0.15, -0.1) is 0 Å². The maximum atomic E-state index is 11.8. The van der Waals surface area contributed by atoms with E-state index >= 15 is 0 Å². The van der Waals surface area contributed by atoms with Gasteiger partial charge in [-0.1, -0.05) is 0 Å². The lowest BCUT2D eigenvalue weighted by atomic mass is 9.52. The molecule has 156 valence electrons. The Balaban J connectivity index is 1.64. The van der Waals surface area contributed by atoms with Crippen LogP contribution in [0, 0.1) is 0 Å². The maximum absolute atomic E-state index is 11.8. The van der Waals surface area contributed by atoms with Gasteiger partial charge in [0.15, 0.2) is 0 Å². The summed E-state index contributed by atoms with van der Waals surface area (Å²) in [5, 5.41) is 15.3. The lowest BCUT2D eigenvalue weighted by molar-refractivity contribution is 0.0181. The highest BCUT2D eigenvalue weighted by atomic mass is 16.5. The second-order valence-electron chi connectivity index (χ2n) is 8.84. The summed E-state index contributed by atoms with van der Waals surface area (Å²) in [5.74, 6) is 0.206. The Labute approximate surface area is 181 Å². The smallest absolute Gasteiger partial charge is 0.254 e. The molecule has 0 bridgehead atoms. The molecule has 2 saturated carbocycles. The van der Waals surface area contributed by atoms with Gasteiger partial charge in [0.2, 0.25) is 5.95 Å². The van der Waals surface area contributed by atoms with Crippen LogP contribution >= 0.6 is 0 Å². The number of nitrogens with two attached hydrogens (primary N) is 1. The summed E-state index contributed by atoms with van der Waals surface area (Å²) >= 11 is 0. The van der Waals surface area contributed by atoms with E-state index in [4.69, 9.17) is 34.0 Å². The lowest BCUT2D eigenvalue weighted by Gasteiger charge is -2.35. The Kier molecular flexibility index (Phi) is 7.02. The number of ether oxygens (including phenoxy) is 1. The standard InChI is InChI=1S/C19H28B3N5O3/c1-18(29)8-2-3-12(9-18)25-16-14(15(23)28)10-24-17(27-16)26-11-4-6-13(7-5-11)30-19(20,21)22/h10-13,29H,2-9H2,1H3,(H2,23,28)(H2,24,25,26,27)/t11?,12-,13?,18+/m1/s1. The number of amides is 1. The van der Waals surface area contributed by atoms with Crippen LogP contribution in [0.25, 0.3) is 0 Å². The molecule has 2 aliphatic rings. The minimum atomic E-state index is -1.62. The Morgan fingerprint density at radius 1 is 1.23 bits per heavy atom. The zero-order valence-electron chi connectivity index (χ0n) is 17.4. The molecule has 0 unspecified atom stereocenters. The zero-order chi connectivity index (χ0) is 21.9. The van der Waals surface area contributed by atoms with Crippen LogP contribution in [0.3, 0.4) is 0 Å². The Morgan fingerprint density at radius 3 is 2.53 bits per heavy atom. The molecule has 5 N–H and O–H groups in total. The molecule has 0 aliphatic heterocycles. The van der Waals surface area contributed by atoms with Crippen molar-refractivity contribution in [1.29, 1.82) is 0 Å². The highest BCUT2D eigenvalue weighted by Crippen LogP contribution is 2.30.